The minimum Gasteiger partial charge on any atom is -0.508 e. The molecule has 0 aromatic heterocycles. The molecule has 1 fully saturated rings. The van der Waals surface area contributed by atoms with Gasteiger partial charge in [0.25, 0.3) is 0 Å². The molecule has 0 saturated heterocycles. The minimum atomic E-state index is -1.87. The van der Waals surface area contributed by atoms with Crippen molar-refractivity contribution in [2.24, 2.45) is 5.92 Å². The highest BCUT2D eigenvalue weighted by Crippen LogP contribution is 2.45. The Hall–Kier alpha value is -1.62. The molecule has 0 spiro atoms. The summed E-state index contributed by atoms with van der Waals surface area (Å²) >= 11 is 0. The van der Waals surface area contributed by atoms with Crippen LogP contribution in [-0.4, -0.2) is 26.9 Å². The van der Waals surface area contributed by atoms with Gasteiger partial charge >= 0.3 is 5.97 Å². The largest absolute Gasteiger partial charge is 0.508 e. The first-order valence-electron chi connectivity index (χ1n) is 8.67. The fourth-order valence-corrected chi connectivity index (χ4v) is 3.97. The summed E-state index contributed by atoms with van der Waals surface area (Å²) in [6, 6.07) is 3.68. The van der Waals surface area contributed by atoms with Crippen LogP contribution in [-0.2, 0) is 10.2 Å². The van der Waals surface area contributed by atoms with Crippen molar-refractivity contribution in [3.63, 3.8) is 0 Å². The molecule has 1 saturated carbocycles. The van der Waals surface area contributed by atoms with Crippen LogP contribution in [0.25, 0.3) is 0 Å². The molecule has 2 atom stereocenters. The molecule has 5 heteroatoms. The van der Waals surface area contributed by atoms with E-state index < -0.39 is 22.8 Å². The van der Waals surface area contributed by atoms with Crippen molar-refractivity contribution >= 4 is 5.97 Å². The zero-order valence-corrected chi connectivity index (χ0v) is 14.4. The molecule has 1 aliphatic carbocycles. The summed E-state index contributed by atoms with van der Waals surface area (Å²) in [5.74, 6) is -2.11. The Morgan fingerprint density at radius 1 is 1.29 bits per heavy atom. The van der Waals surface area contributed by atoms with E-state index in [1.165, 1.54) is 18.2 Å². The number of carboxylic acids is 1. The number of hydrogen-bond donors (Lipinski definition) is 3. The fourth-order valence-electron chi connectivity index (χ4n) is 3.97. The first kappa shape index (κ1) is 18.7. The standard InChI is InChI=1S/C19H27FO4/c1-3-18(2,15-11-14(20)9-10-16(15)21)12-19(24,17(22)23)13-7-5-4-6-8-13/h9-11,13,21,24H,3-8,12H2,1-2H3,(H,22,23). The van der Waals surface area contributed by atoms with Crippen LogP contribution in [0.5, 0.6) is 5.75 Å². The van der Waals surface area contributed by atoms with E-state index in [-0.39, 0.29) is 18.1 Å². The van der Waals surface area contributed by atoms with Crippen LogP contribution in [0.4, 0.5) is 4.39 Å². The van der Waals surface area contributed by atoms with Gasteiger partial charge in [0, 0.05) is 5.56 Å². The lowest BCUT2D eigenvalue weighted by molar-refractivity contribution is -0.170. The highest BCUT2D eigenvalue weighted by Gasteiger charge is 2.49. The Morgan fingerprint density at radius 2 is 1.92 bits per heavy atom. The topological polar surface area (TPSA) is 77.8 Å². The van der Waals surface area contributed by atoms with E-state index in [1.54, 1.807) is 6.92 Å². The fraction of sp³-hybridized carbons (Fsp3) is 0.632. The Balaban J connectivity index is 2.40. The maximum atomic E-state index is 13.7. The third kappa shape index (κ3) is 3.56. The average molecular weight is 338 g/mol. The molecule has 24 heavy (non-hydrogen) atoms. The summed E-state index contributed by atoms with van der Waals surface area (Å²) in [7, 11) is 0. The van der Waals surface area contributed by atoms with Crippen LogP contribution < -0.4 is 0 Å². The normalized spacial score (nSPS) is 21.0. The molecule has 134 valence electrons. The average Bonchev–Trinajstić information content (AvgIpc) is 2.57. The summed E-state index contributed by atoms with van der Waals surface area (Å²) in [4.78, 5) is 11.9. The number of aliphatic hydroxyl groups is 1. The molecular formula is C19H27FO4. The lowest BCUT2D eigenvalue weighted by Gasteiger charge is -2.41. The monoisotopic (exact) mass is 338 g/mol. The number of hydrogen-bond acceptors (Lipinski definition) is 3. The highest BCUT2D eigenvalue weighted by atomic mass is 19.1. The molecule has 0 amide bonds. The van der Waals surface area contributed by atoms with Crippen LogP contribution >= 0.6 is 0 Å². The van der Waals surface area contributed by atoms with E-state index >= 15 is 0 Å². The van der Waals surface area contributed by atoms with Crippen LogP contribution in [0.1, 0.15) is 64.4 Å². The van der Waals surface area contributed by atoms with Gasteiger partial charge in [-0.05, 0) is 55.2 Å². The second kappa shape index (κ2) is 7.09. The van der Waals surface area contributed by atoms with Gasteiger partial charge < -0.3 is 15.3 Å². The van der Waals surface area contributed by atoms with E-state index in [9.17, 15) is 24.5 Å². The third-order valence-corrected chi connectivity index (χ3v) is 5.70. The third-order valence-electron chi connectivity index (χ3n) is 5.70. The number of rotatable bonds is 6. The number of carbonyl (C=O) groups is 1. The molecule has 0 bridgehead atoms. The van der Waals surface area contributed by atoms with Gasteiger partial charge in [-0.1, -0.05) is 33.1 Å². The Morgan fingerprint density at radius 3 is 2.46 bits per heavy atom. The van der Waals surface area contributed by atoms with Crippen molar-refractivity contribution in [3.8, 4) is 5.75 Å². The second-order valence-corrected chi connectivity index (χ2v) is 7.32. The van der Waals surface area contributed by atoms with Crippen LogP contribution in [0, 0.1) is 11.7 Å². The molecule has 2 unspecified atom stereocenters. The van der Waals surface area contributed by atoms with Crippen molar-refractivity contribution in [3.05, 3.63) is 29.6 Å². The molecule has 0 radical (unpaired) electrons. The zero-order valence-electron chi connectivity index (χ0n) is 14.4. The number of phenols is 1. The molecule has 1 aliphatic rings. The lowest BCUT2D eigenvalue weighted by Crippen LogP contribution is -2.51. The SMILES string of the molecule is CCC(C)(CC(O)(C(=O)O)C1CCCCC1)c1cc(F)ccc1O. The summed E-state index contributed by atoms with van der Waals surface area (Å²) in [6.07, 6.45) is 4.67. The van der Waals surface area contributed by atoms with Gasteiger partial charge in [-0.25, -0.2) is 9.18 Å². The van der Waals surface area contributed by atoms with Gasteiger partial charge in [0.1, 0.15) is 11.6 Å². The molecular weight excluding hydrogens is 311 g/mol. The second-order valence-electron chi connectivity index (χ2n) is 7.32. The lowest BCUT2D eigenvalue weighted by atomic mass is 9.65. The maximum absolute atomic E-state index is 13.7. The summed E-state index contributed by atoms with van der Waals surface area (Å²) in [5.41, 5.74) is -2.36. The molecule has 0 heterocycles. The summed E-state index contributed by atoms with van der Waals surface area (Å²) in [6.45, 7) is 3.63. The Bertz CT molecular complexity index is 597. The zero-order chi connectivity index (χ0) is 18.0. The number of phenolic OH excluding ortho intramolecular Hbond substituents is 1. The predicted molar refractivity (Wildman–Crippen MR) is 89.5 cm³/mol. The van der Waals surface area contributed by atoms with Gasteiger partial charge in [-0.3, -0.25) is 0 Å². The van der Waals surface area contributed by atoms with Crippen molar-refractivity contribution in [2.45, 2.75) is 69.8 Å². The van der Waals surface area contributed by atoms with Crippen molar-refractivity contribution in [2.75, 3.05) is 0 Å². The van der Waals surface area contributed by atoms with Gasteiger partial charge in [0.05, 0.1) is 0 Å². The Kier molecular flexibility index (Phi) is 5.53. The smallest absolute Gasteiger partial charge is 0.336 e. The quantitative estimate of drug-likeness (QED) is 0.733. The Labute approximate surface area is 142 Å². The number of aliphatic carboxylic acids is 1. The number of aromatic hydroxyl groups is 1. The van der Waals surface area contributed by atoms with Crippen molar-refractivity contribution in [1.29, 1.82) is 0 Å². The van der Waals surface area contributed by atoms with Crippen molar-refractivity contribution < 1.29 is 24.5 Å². The molecule has 0 aliphatic heterocycles. The van der Waals surface area contributed by atoms with Gasteiger partial charge in [-0.15, -0.1) is 0 Å². The van der Waals surface area contributed by atoms with Crippen LogP contribution in [0.15, 0.2) is 18.2 Å². The van der Waals surface area contributed by atoms with Gasteiger partial charge in [-0.2, -0.15) is 0 Å². The molecule has 3 N–H and O–H groups in total. The van der Waals surface area contributed by atoms with Crippen LogP contribution in [0.3, 0.4) is 0 Å². The molecule has 2 rings (SSSR count). The summed E-state index contributed by atoms with van der Waals surface area (Å²) in [5, 5.41) is 30.9. The number of halogens is 1. The maximum Gasteiger partial charge on any atom is 0.336 e. The van der Waals surface area contributed by atoms with E-state index in [0.717, 1.165) is 19.3 Å². The van der Waals surface area contributed by atoms with Crippen molar-refractivity contribution in [1.82, 2.24) is 0 Å². The van der Waals surface area contributed by atoms with E-state index in [0.29, 0.717) is 24.8 Å². The van der Waals surface area contributed by atoms with E-state index in [1.807, 2.05) is 6.92 Å². The van der Waals surface area contributed by atoms with Gasteiger partial charge in [0.2, 0.25) is 0 Å². The molecule has 4 nitrogen and oxygen atoms in total. The van der Waals surface area contributed by atoms with E-state index in [4.69, 9.17) is 0 Å². The predicted octanol–water partition coefficient (Wildman–Crippen LogP) is 3.99. The van der Waals surface area contributed by atoms with Crippen LogP contribution in [0.2, 0.25) is 0 Å². The number of carboxylic acid groups (broad SMARTS) is 1. The molecule has 1 aromatic carbocycles. The molecule has 1 aromatic rings. The van der Waals surface area contributed by atoms with E-state index in [2.05, 4.69) is 0 Å². The first-order chi connectivity index (χ1) is 11.2. The number of benzene rings is 1. The summed E-state index contributed by atoms with van der Waals surface area (Å²) < 4.78 is 13.7. The first-order valence-corrected chi connectivity index (χ1v) is 8.67. The minimum absolute atomic E-state index is 0.0481. The highest BCUT2D eigenvalue weighted by molar-refractivity contribution is 5.78. The van der Waals surface area contributed by atoms with Gasteiger partial charge in [0.15, 0.2) is 5.60 Å².